The molecule has 2 heterocycles. The van der Waals surface area contributed by atoms with Crippen molar-refractivity contribution in [1.29, 1.82) is 0 Å². The van der Waals surface area contributed by atoms with Crippen LogP contribution in [0.15, 0.2) is 54.2 Å². The molecule has 0 bridgehead atoms. The van der Waals surface area contributed by atoms with Gasteiger partial charge in [-0.25, -0.2) is 4.79 Å². The molecule has 0 radical (unpaired) electrons. The first-order valence-electron chi connectivity index (χ1n) is 8.00. The quantitative estimate of drug-likeness (QED) is 0.667. The van der Waals surface area contributed by atoms with Crippen molar-refractivity contribution in [1.82, 2.24) is 15.1 Å². The maximum atomic E-state index is 12.3. The van der Waals surface area contributed by atoms with Gasteiger partial charge in [-0.05, 0) is 29.6 Å². The van der Waals surface area contributed by atoms with Gasteiger partial charge in [0.1, 0.15) is 17.5 Å². The number of amides is 2. The molecule has 7 nitrogen and oxygen atoms in total. The summed E-state index contributed by atoms with van der Waals surface area (Å²) in [4.78, 5) is 13.5. The third kappa shape index (κ3) is 4.15. The Hall–Kier alpha value is -3.00. The molecule has 3 rings (SSSR count). The minimum Gasteiger partial charge on any atom is -0.497 e. The van der Waals surface area contributed by atoms with Gasteiger partial charge in [0.2, 0.25) is 0 Å². The summed E-state index contributed by atoms with van der Waals surface area (Å²) in [6, 6.07) is 10.7. The Morgan fingerprint density at radius 3 is 2.81 bits per heavy atom. The maximum absolute atomic E-state index is 12.3. The van der Waals surface area contributed by atoms with Crippen LogP contribution in [0, 0.1) is 0 Å². The van der Waals surface area contributed by atoms with Crippen LogP contribution in [0.4, 0.5) is 10.5 Å². The summed E-state index contributed by atoms with van der Waals surface area (Å²) in [5, 5.41) is 12.0. The van der Waals surface area contributed by atoms with Crippen LogP contribution in [0.3, 0.4) is 0 Å². The fraction of sp³-hybridized carbons (Fsp3) is 0.222. The zero-order valence-corrected chi connectivity index (χ0v) is 15.3. The van der Waals surface area contributed by atoms with Crippen LogP contribution in [0.25, 0.3) is 0 Å². The molecule has 26 heavy (non-hydrogen) atoms. The highest BCUT2D eigenvalue weighted by atomic mass is 32.1. The van der Waals surface area contributed by atoms with Crippen molar-refractivity contribution < 1.29 is 14.3 Å². The van der Waals surface area contributed by atoms with Gasteiger partial charge in [0, 0.05) is 29.9 Å². The van der Waals surface area contributed by atoms with E-state index >= 15 is 0 Å². The molecular weight excluding hydrogens is 352 g/mol. The fourth-order valence-electron chi connectivity index (χ4n) is 2.53. The van der Waals surface area contributed by atoms with Crippen LogP contribution in [0.2, 0.25) is 0 Å². The van der Waals surface area contributed by atoms with Crippen molar-refractivity contribution in [2.45, 2.75) is 6.04 Å². The summed E-state index contributed by atoms with van der Waals surface area (Å²) in [6.07, 6.45) is 3.61. The number of thiophene rings is 1. The summed E-state index contributed by atoms with van der Waals surface area (Å²) >= 11 is 1.63. The molecule has 0 spiro atoms. The van der Waals surface area contributed by atoms with Gasteiger partial charge in [-0.15, -0.1) is 11.3 Å². The molecule has 0 fully saturated rings. The van der Waals surface area contributed by atoms with E-state index in [-0.39, 0.29) is 12.1 Å². The maximum Gasteiger partial charge on any atom is 0.319 e. The Morgan fingerprint density at radius 1 is 1.27 bits per heavy atom. The smallest absolute Gasteiger partial charge is 0.319 e. The number of nitrogens with zero attached hydrogens (tertiary/aromatic N) is 2. The van der Waals surface area contributed by atoms with E-state index in [9.17, 15) is 4.79 Å². The van der Waals surface area contributed by atoms with Gasteiger partial charge in [-0.3, -0.25) is 4.68 Å². The molecule has 0 saturated carbocycles. The van der Waals surface area contributed by atoms with E-state index in [1.54, 1.807) is 50.0 Å². The van der Waals surface area contributed by atoms with Gasteiger partial charge in [-0.1, -0.05) is 6.07 Å². The number of nitrogens with one attached hydrogen (secondary N) is 2. The van der Waals surface area contributed by atoms with Gasteiger partial charge < -0.3 is 20.1 Å². The Morgan fingerprint density at radius 2 is 2.15 bits per heavy atom. The van der Waals surface area contributed by atoms with E-state index in [1.165, 1.54) is 0 Å². The summed E-state index contributed by atoms with van der Waals surface area (Å²) in [6.45, 7) is 0.409. The number of aromatic nitrogens is 2. The van der Waals surface area contributed by atoms with Crippen molar-refractivity contribution >= 4 is 23.1 Å². The standard InChI is InChI=1S/C18H20N4O3S/c1-24-13-6-7-14(16(11-13)25-2)21-18(23)19-12-15(17-5-3-10-26-17)22-9-4-8-20-22/h3-11,15H,12H2,1-2H3,(H2,19,21,23). The highest BCUT2D eigenvalue weighted by molar-refractivity contribution is 7.10. The predicted molar refractivity (Wildman–Crippen MR) is 101 cm³/mol. The first-order chi connectivity index (χ1) is 12.7. The summed E-state index contributed by atoms with van der Waals surface area (Å²) in [5.41, 5.74) is 0.567. The summed E-state index contributed by atoms with van der Waals surface area (Å²) < 4.78 is 12.3. The largest absolute Gasteiger partial charge is 0.497 e. The van der Waals surface area contributed by atoms with Gasteiger partial charge in [-0.2, -0.15) is 5.10 Å². The number of anilines is 1. The second-order valence-electron chi connectivity index (χ2n) is 5.42. The number of carbonyl (C=O) groups is 1. The monoisotopic (exact) mass is 372 g/mol. The van der Waals surface area contributed by atoms with Crippen molar-refractivity contribution in [2.24, 2.45) is 0 Å². The molecule has 1 aromatic carbocycles. The molecule has 1 unspecified atom stereocenters. The molecular formula is C18H20N4O3S. The summed E-state index contributed by atoms with van der Waals surface area (Å²) in [5.74, 6) is 1.19. The molecule has 0 aliphatic heterocycles. The van der Waals surface area contributed by atoms with Crippen LogP contribution in [-0.2, 0) is 0 Å². The third-order valence-electron chi connectivity index (χ3n) is 3.83. The Bertz CT molecular complexity index is 800. The number of benzene rings is 1. The van der Waals surface area contributed by atoms with Crippen LogP contribution in [0.1, 0.15) is 10.9 Å². The van der Waals surface area contributed by atoms with Crippen molar-refractivity contribution in [3.8, 4) is 11.5 Å². The average Bonchev–Trinajstić information content (AvgIpc) is 3.37. The second kappa shape index (κ2) is 8.39. The minimum atomic E-state index is -0.317. The molecule has 0 aliphatic rings. The van der Waals surface area contributed by atoms with E-state index in [0.29, 0.717) is 23.7 Å². The second-order valence-corrected chi connectivity index (χ2v) is 6.40. The van der Waals surface area contributed by atoms with E-state index in [1.807, 2.05) is 34.5 Å². The molecule has 2 N–H and O–H groups in total. The Kier molecular flexibility index (Phi) is 5.75. The van der Waals surface area contributed by atoms with Crippen LogP contribution >= 0.6 is 11.3 Å². The van der Waals surface area contributed by atoms with Gasteiger partial charge in [0.05, 0.1) is 19.9 Å². The van der Waals surface area contributed by atoms with Crippen LogP contribution < -0.4 is 20.1 Å². The number of carbonyl (C=O) groups excluding carboxylic acids is 1. The topological polar surface area (TPSA) is 77.4 Å². The van der Waals surface area contributed by atoms with E-state index in [0.717, 1.165) is 4.88 Å². The first-order valence-corrected chi connectivity index (χ1v) is 8.88. The molecule has 0 aliphatic carbocycles. The van der Waals surface area contributed by atoms with Crippen molar-refractivity contribution in [3.63, 3.8) is 0 Å². The molecule has 8 heteroatoms. The molecule has 3 aromatic rings. The third-order valence-corrected chi connectivity index (χ3v) is 4.80. The number of ether oxygens (including phenoxy) is 2. The first kappa shape index (κ1) is 17.8. The molecule has 2 amide bonds. The average molecular weight is 372 g/mol. The SMILES string of the molecule is COc1ccc(NC(=O)NCC(c2cccs2)n2cccn2)c(OC)c1. The zero-order chi connectivity index (χ0) is 18.4. The van der Waals surface area contributed by atoms with Crippen LogP contribution in [0.5, 0.6) is 11.5 Å². The van der Waals surface area contributed by atoms with Crippen molar-refractivity contribution in [3.05, 3.63) is 59.0 Å². The Labute approximate surface area is 155 Å². The lowest BCUT2D eigenvalue weighted by Gasteiger charge is -2.18. The highest BCUT2D eigenvalue weighted by Gasteiger charge is 2.17. The molecule has 136 valence electrons. The van der Waals surface area contributed by atoms with Gasteiger partial charge >= 0.3 is 6.03 Å². The highest BCUT2D eigenvalue weighted by Crippen LogP contribution is 2.29. The molecule has 2 aromatic heterocycles. The number of rotatable bonds is 7. The van der Waals surface area contributed by atoms with E-state index in [4.69, 9.17) is 9.47 Å². The predicted octanol–water partition coefficient (Wildman–Crippen LogP) is 3.37. The lowest BCUT2D eigenvalue weighted by molar-refractivity contribution is 0.250. The van der Waals surface area contributed by atoms with E-state index in [2.05, 4.69) is 15.7 Å². The zero-order valence-electron chi connectivity index (χ0n) is 14.5. The lowest BCUT2D eigenvalue weighted by atomic mass is 10.2. The Balaban J connectivity index is 1.66. The van der Waals surface area contributed by atoms with E-state index < -0.39 is 0 Å². The normalized spacial score (nSPS) is 11.6. The number of methoxy groups -OCH3 is 2. The number of hydrogen-bond acceptors (Lipinski definition) is 5. The summed E-state index contributed by atoms with van der Waals surface area (Å²) in [7, 11) is 3.12. The number of hydrogen-bond donors (Lipinski definition) is 2. The molecule has 1 atom stereocenters. The fourth-order valence-corrected chi connectivity index (χ4v) is 3.35. The minimum absolute atomic E-state index is 0.0616. The molecule has 0 saturated heterocycles. The van der Waals surface area contributed by atoms with Crippen LogP contribution in [-0.4, -0.2) is 36.6 Å². The lowest BCUT2D eigenvalue weighted by Crippen LogP contribution is -2.34. The number of urea groups is 1. The van der Waals surface area contributed by atoms with Gasteiger partial charge in [0.25, 0.3) is 0 Å². The van der Waals surface area contributed by atoms with Crippen molar-refractivity contribution in [2.75, 3.05) is 26.1 Å². The van der Waals surface area contributed by atoms with Gasteiger partial charge in [0.15, 0.2) is 0 Å².